The van der Waals surface area contributed by atoms with E-state index in [2.05, 4.69) is 27.3 Å². The van der Waals surface area contributed by atoms with Gasteiger partial charge in [-0.1, -0.05) is 49.6 Å². The topological polar surface area (TPSA) is 125 Å². The molecule has 11 nitrogen and oxygen atoms in total. The van der Waals surface area contributed by atoms with Gasteiger partial charge in [0.15, 0.2) is 23.2 Å². The Morgan fingerprint density at radius 2 is 1.90 bits per heavy atom. The van der Waals surface area contributed by atoms with Crippen LogP contribution < -0.4 is 15.5 Å². The minimum absolute atomic E-state index is 0.294. The fourth-order valence-electron chi connectivity index (χ4n) is 6.00. The molecule has 0 bridgehead atoms. The number of hydrogen-bond donors (Lipinski definition) is 2. The first-order valence-corrected chi connectivity index (χ1v) is 14.5. The molecule has 2 fully saturated rings. The van der Waals surface area contributed by atoms with Gasteiger partial charge in [0.25, 0.3) is 0 Å². The molecule has 4 aromatic rings. The maximum Gasteiger partial charge on any atom is 0.427 e. The summed E-state index contributed by atoms with van der Waals surface area (Å²) in [5.74, 6) is 2.81. The van der Waals surface area contributed by atoms with E-state index in [4.69, 9.17) is 40.9 Å². The average Bonchev–Trinajstić information content (AvgIpc) is 3.61. The lowest BCUT2D eigenvalue weighted by atomic mass is 9.83. The number of methoxy groups -OCH3 is 2. The maximum absolute atomic E-state index is 11.9. The van der Waals surface area contributed by atoms with Crippen molar-refractivity contribution in [1.29, 1.82) is 0 Å². The molecule has 6 rings (SSSR count). The number of benzene rings is 1. The summed E-state index contributed by atoms with van der Waals surface area (Å²) in [4.78, 5) is 36.0. The van der Waals surface area contributed by atoms with Gasteiger partial charge in [-0.05, 0) is 43.7 Å². The number of nitrogens with zero attached hydrogens (tertiary/aromatic N) is 5. The van der Waals surface area contributed by atoms with Crippen LogP contribution in [0.2, 0.25) is 5.02 Å². The highest BCUT2D eigenvalue weighted by molar-refractivity contribution is 6.30. The third kappa shape index (κ3) is 5.16. The van der Waals surface area contributed by atoms with Crippen LogP contribution in [0, 0.1) is 11.8 Å². The number of hydrogen-bond acceptors (Lipinski definition) is 9. The van der Waals surface area contributed by atoms with Crippen molar-refractivity contribution in [3.05, 3.63) is 65.0 Å². The monoisotopic (exact) mass is 591 g/mol. The molecule has 3 aromatic heterocycles. The molecule has 0 radical (unpaired) electrons. The van der Waals surface area contributed by atoms with Gasteiger partial charge in [-0.2, -0.15) is 0 Å². The normalized spacial score (nSPS) is 22.0. The molecular weight excluding hydrogens is 558 g/mol. The summed E-state index contributed by atoms with van der Waals surface area (Å²) >= 11 is 6.40. The second-order valence-electron chi connectivity index (χ2n) is 11.2. The van der Waals surface area contributed by atoms with E-state index in [1.54, 1.807) is 26.6 Å². The highest BCUT2D eigenvalue weighted by atomic mass is 35.5. The number of carbonyl (C=O) groups excluding carboxylic acids is 1. The highest BCUT2D eigenvalue weighted by Crippen LogP contribution is 2.42. The van der Waals surface area contributed by atoms with Crippen LogP contribution in [0.15, 0.2) is 42.7 Å². The predicted molar refractivity (Wildman–Crippen MR) is 157 cm³/mol. The van der Waals surface area contributed by atoms with Crippen molar-refractivity contribution in [2.45, 2.75) is 57.8 Å². The Labute approximate surface area is 248 Å². The zero-order chi connectivity index (χ0) is 29.4. The second kappa shape index (κ2) is 11.5. The van der Waals surface area contributed by atoms with Gasteiger partial charge < -0.3 is 18.9 Å². The van der Waals surface area contributed by atoms with Gasteiger partial charge in [-0.3, -0.25) is 10.3 Å². The zero-order valence-corrected chi connectivity index (χ0v) is 24.8. The lowest BCUT2D eigenvalue weighted by Gasteiger charge is -2.32. The van der Waals surface area contributed by atoms with Crippen LogP contribution in [0.4, 0.5) is 4.79 Å². The van der Waals surface area contributed by atoms with Gasteiger partial charge in [0.1, 0.15) is 22.8 Å². The number of halogens is 1. The number of imidazole rings is 1. The summed E-state index contributed by atoms with van der Waals surface area (Å²) in [5, 5.41) is 3.16. The molecule has 0 spiro atoms. The van der Waals surface area contributed by atoms with E-state index in [0.717, 1.165) is 23.9 Å². The number of ether oxygens (including phenoxy) is 2. The third-order valence-electron chi connectivity index (χ3n) is 8.42. The van der Waals surface area contributed by atoms with Crippen LogP contribution in [0.5, 0.6) is 5.75 Å². The Kier molecular flexibility index (Phi) is 7.73. The predicted octanol–water partition coefficient (Wildman–Crippen LogP) is 5.53. The molecule has 2 N–H and O–H groups in total. The molecule has 1 aromatic carbocycles. The van der Waals surface area contributed by atoms with Gasteiger partial charge in [0.2, 0.25) is 0 Å². The molecule has 1 amide bonds. The first-order chi connectivity index (χ1) is 20.3. The Bertz CT molecular complexity index is 1620. The summed E-state index contributed by atoms with van der Waals surface area (Å²) in [6, 6.07) is 9.60. The van der Waals surface area contributed by atoms with Crippen molar-refractivity contribution in [3.8, 4) is 17.0 Å². The standard InChI is InChI=1S/C30H34ClN7O4/c1-17-9-11-18(12-10-17)16-38-24-23(19-13-20(31)15-32-14-19)33-26(27-36-29(39)42-37-27)34-25(24)35-28(38)30(2,41-4)21-7-5-6-8-22(21)40-3/h5-8,13-15,17-18,27,37H,9-12,16H2,1-4H3,(H,36,39). The Morgan fingerprint density at radius 1 is 1.12 bits per heavy atom. The van der Waals surface area contributed by atoms with Gasteiger partial charge in [-0.15, -0.1) is 5.48 Å². The van der Waals surface area contributed by atoms with E-state index >= 15 is 0 Å². The molecule has 42 heavy (non-hydrogen) atoms. The number of carbonyl (C=O) groups is 1. The molecule has 1 aliphatic heterocycles. The number of amides is 1. The van der Waals surface area contributed by atoms with Crippen molar-refractivity contribution in [1.82, 2.24) is 35.3 Å². The van der Waals surface area contributed by atoms with Gasteiger partial charge in [0.05, 0.1) is 12.1 Å². The summed E-state index contributed by atoms with van der Waals surface area (Å²) in [6.07, 6.45) is 6.50. The maximum atomic E-state index is 11.9. The summed E-state index contributed by atoms with van der Waals surface area (Å²) in [6.45, 7) is 5.02. The summed E-state index contributed by atoms with van der Waals surface area (Å²) < 4.78 is 14.3. The fraction of sp³-hybridized carbons (Fsp3) is 0.433. The number of hydroxylamine groups is 1. The van der Waals surface area contributed by atoms with Crippen LogP contribution in [0.25, 0.3) is 22.4 Å². The van der Waals surface area contributed by atoms with Crippen LogP contribution in [-0.4, -0.2) is 44.8 Å². The molecule has 1 aliphatic carbocycles. The number of para-hydroxylation sites is 1. The lowest BCUT2D eigenvalue weighted by Crippen LogP contribution is -2.32. The van der Waals surface area contributed by atoms with Crippen LogP contribution in [-0.2, 0) is 21.7 Å². The number of nitrogens with one attached hydrogen (secondary N) is 2. The van der Waals surface area contributed by atoms with Crippen LogP contribution in [0.3, 0.4) is 0 Å². The van der Waals surface area contributed by atoms with Crippen molar-refractivity contribution < 1.29 is 19.1 Å². The first-order valence-electron chi connectivity index (χ1n) is 14.1. The van der Waals surface area contributed by atoms with Crippen LogP contribution >= 0.6 is 11.6 Å². The number of fused-ring (bicyclic) bond motifs is 1. The minimum Gasteiger partial charge on any atom is -0.496 e. The van der Waals surface area contributed by atoms with Gasteiger partial charge in [-0.25, -0.2) is 19.7 Å². The molecule has 1 saturated carbocycles. The van der Waals surface area contributed by atoms with Gasteiger partial charge >= 0.3 is 6.09 Å². The van der Waals surface area contributed by atoms with Crippen molar-refractivity contribution in [2.75, 3.05) is 14.2 Å². The molecule has 220 valence electrons. The van der Waals surface area contributed by atoms with Crippen LogP contribution in [0.1, 0.15) is 62.9 Å². The van der Waals surface area contributed by atoms with Crippen molar-refractivity contribution in [2.24, 2.45) is 11.8 Å². The first kappa shape index (κ1) is 28.3. The minimum atomic E-state index is -0.998. The van der Waals surface area contributed by atoms with E-state index in [9.17, 15) is 4.79 Å². The summed E-state index contributed by atoms with van der Waals surface area (Å²) in [5.41, 5.74) is 4.96. The summed E-state index contributed by atoms with van der Waals surface area (Å²) in [7, 11) is 3.32. The number of pyridine rings is 1. The van der Waals surface area contributed by atoms with E-state index in [1.807, 2.05) is 37.3 Å². The second-order valence-corrected chi connectivity index (χ2v) is 11.6. The molecule has 2 aliphatic rings. The number of aromatic nitrogens is 5. The SMILES string of the molecule is COc1ccccc1C(C)(OC)c1nc2nc(C3NOC(=O)N3)nc(-c3cncc(Cl)c3)c2n1CC1CCC(C)CC1. The molecular formula is C30H34ClN7O4. The van der Waals surface area contributed by atoms with Crippen molar-refractivity contribution >= 4 is 28.9 Å². The van der Waals surface area contributed by atoms with E-state index in [-0.39, 0.29) is 0 Å². The lowest BCUT2D eigenvalue weighted by molar-refractivity contribution is 0.0258. The zero-order valence-electron chi connectivity index (χ0n) is 24.1. The quantitative estimate of drug-likeness (QED) is 0.272. The molecule has 12 heteroatoms. The smallest absolute Gasteiger partial charge is 0.427 e. The average molecular weight is 592 g/mol. The van der Waals surface area contributed by atoms with E-state index in [1.165, 1.54) is 12.8 Å². The molecule has 4 heterocycles. The number of rotatable bonds is 8. The van der Waals surface area contributed by atoms with Gasteiger partial charge in [0, 0.05) is 37.2 Å². The van der Waals surface area contributed by atoms with E-state index < -0.39 is 17.9 Å². The van der Waals surface area contributed by atoms with E-state index in [0.29, 0.717) is 57.7 Å². The molecule has 1 saturated heterocycles. The fourth-order valence-corrected chi connectivity index (χ4v) is 6.18. The Hall–Kier alpha value is -3.80. The third-order valence-corrected chi connectivity index (χ3v) is 8.63. The largest absolute Gasteiger partial charge is 0.496 e. The highest BCUT2D eigenvalue weighted by Gasteiger charge is 2.39. The van der Waals surface area contributed by atoms with Crippen molar-refractivity contribution in [3.63, 3.8) is 0 Å². The molecule has 2 unspecified atom stereocenters. The Morgan fingerprint density at radius 3 is 2.60 bits per heavy atom. The molecule has 2 atom stereocenters. The Balaban J connectivity index is 1.62.